The SMILES string of the molecule is CN=C(NC(C)[C@@H](C)C(C)CCC1CCCC1)[C@@H]1CCCN1. The molecule has 1 aliphatic carbocycles. The summed E-state index contributed by atoms with van der Waals surface area (Å²) in [5.41, 5.74) is 0. The van der Waals surface area contributed by atoms with Crippen molar-refractivity contribution in [3.05, 3.63) is 0 Å². The third kappa shape index (κ3) is 4.97. The van der Waals surface area contributed by atoms with Crippen LogP contribution >= 0.6 is 0 Å². The molecule has 1 saturated heterocycles. The summed E-state index contributed by atoms with van der Waals surface area (Å²) in [5, 5.41) is 7.25. The number of hydrogen-bond acceptors (Lipinski definition) is 2. The van der Waals surface area contributed by atoms with Crippen LogP contribution in [0.25, 0.3) is 0 Å². The third-order valence-corrected chi connectivity index (χ3v) is 6.20. The fourth-order valence-corrected chi connectivity index (χ4v) is 4.16. The zero-order valence-corrected chi connectivity index (χ0v) is 15.2. The van der Waals surface area contributed by atoms with Gasteiger partial charge in [0.25, 0.3) is 0 Å². The molecule has 2 unspecified atom stereocenters. The summed E-state index contributed by atoms with van der Waals surface area (Å²) in [6.07, 6.45) is 11.2. The van der Waals surface area contributed by atoms with Gasteiger partial charge in [0.05, 0.1) is 6.04 Å². The van der Waals surface area contributed by atoms with Gasteiger partial charge in [-0.25, -0.2) is 0 Å². The first-order chi connectivity index (χ1) is 10.6. The summed E-state index contributed by atoms with van der Waals surface area (Å²) >= 11 is 0. The highest BCUT2D eigenvalue weighted by atomic mass is 15.1. The first-order valence-electron chi connectivity index (χ1n) is 9.58. The van der Waals surface area contributed by atoms with Gasteiger partial charge in [-0.3, -0.25) is 4.99 Å². The zero-order chi connectivity index (χ0) is 15.9. The van der Waals surface area contributed by atoms with Crippen molar-refractivity contribution in [2.75, 3.05) is 13.6 Å². The van der Waals surface area contributed by atoms with Crippen molar-refractivity contribution < 1.29 is 0 Å². The molecular weight excluding hydrogens is 270 g/mol. The van der Waals surface area contributed by atoms with Gasteiger partial charge in [0, 0.05) is 13.1 Å². The lowest BCUT2D eigenvalue weighted by molar-refractivity contribution is 0.281. The second kappa shape index (κ2) is 8.90. The summed E-state index contributed by atoms with van der Waals surface area (Å²) < 4.78 is 0. The minimum absolute atomic E-state index is 0.452. The fourth-order valence-electron chi connectivity index (χ4n) is 4.16. The van der Waals surface area contributed by atoms with E-state index in [4.69, 9.17) is 0 Å². The summed E-state index contributed by atoms with van der Waals surface area (Å²) in [6.45, 7) is 8.31. The molecule has 0 spiro atoms. The van der Waals surface area contributed by atoms with Crippen molar-refractivity contribution >= 4 is 5.84 Å². The molecule has 1 saturated carbocycles. The van der Waals surface area contributed by atoms with Crippen molar-refractivity contribution in [1.29, 1.82) is 0 Å². The standard InChI is InChI=1S/C19H37N3/c1-14(11-12-17-8-5-6-9-17)15(2)16(3)22-19(20-4)18-10-7-13-21-18/h14-18,21H,5-13H2,1-4H3,(H,20,22)/t14?,15-,16?,18-/m0/s1. The second-order valence-electron chi connectivity index (χ2n) is 7.76. The number of nitrogens with one attached hydrogen (secondary N) is 2. The van der Waals surface area contributed by atoms with Crippen LogP contribution in [0.4, 0.5) is 0 Å². The van der Waals surface area contributed by atoms with Crippen LogP contribution < -0.4 is 10.6 Å². The fraction of sp³-hybridized carbons (Fsp3) is 0.947. The van der Waals surface area contributed by atoms with E-state index in [0.29, 0.717) is 18.0 Å². The number of amidine groups is 1. The highest BCUT2D eigenvalue weighted by Gasteiger charge is 2.25. The van der Waals surface area contributed by atoms with Crippen LogP contribution in [0.5, 0.6) is 0 Å². The van der Waals surface area contributed by atoms with Crippen molar-refractivity contribution in [2.45, 2.75) is 84.2 Å². The molecule has 0 aromatic rings. The molecule has 0 amide bonds. The number of nitrogens with zero attached hydrogens (tertiary/aromatic N) is 1. The Kier molecular flexibility index (Phi) is 7.20. The molecule has 0 bridgehead atoms. The summed E-state index contributed by atoms with van der Waals surface area (Å²) in [5.74, 6) is 3.67. The van der Waals surface area contributed by atoms with Gasteiger partial charge in [-0.05, 0) is 44.1 Å². The minimum Gasteiger partial charge on any atom is -0.370 e. The predicted molar refractivity (Wildman–Crippen MR) is 96.5 cm³/mol. The van der Waals surface area contributed by atoms with E-state index in [2.05, 4.69) is 36.4 Å². The number of aliphatic imine (C=N–C) groups is 1. The maximum absolute atomic E-state index is 4.50. The zero-order valence-electron chi connectivity index (χ0n) is 15.2. The van der Waals surface area contributed by atoms with Gasteiger partial charge in [-0.1, -0.05) is 52.4 Å². The van der Waals surface area contributed by atoms with Crippen molar-refractivity contribution in [1.82, 2.24) is 10.6 Å². The highest BCUT2D eigenvalue weighted by molar-refractivity contribution is 5.87. The summed E-state index contributed by atoms with van der Waals surface area (Å²) in [6, 6.07) is 0.952. The molecule has 1 heterocycles. The summed E-state index contributed by atoms with van der Waals surface area (Å²) in [4.78, 5) is 4.50. The Labute approximate surface area is 137 Å². The lowest BCUT2D eigenvalue weighted by Gasteiger charge is -2.30. The Balaban J connectivity index is 1.75. The number of rotatable bonds is 7. The van der Waals surface area contributed by atoms with E-state index >= 15 is 0 Å². The van der Waals surface area contributed by atoms with E-state index in [1.54, 1.807) is 0 Å². The molecule has 2 fully saturated rings. The normalized spacial score (nSPS) is 27.8. The number of hydrogen-bond donors (Lipinski definition) is 2. The van der Waals surface area contributed by atoms with E-state index in [-0.39, 0.29) is 0 Å². The Bertz CT molecular complexity index is 341. The quantitative estimate of drug-likeness (QED) is 0.551. The maximum atomic E-state index is 4.50. The molecule has 0 radical (unpaired) electrons. The Morgan fingerprint density at radius 1 is 1.14 bits per heavy atom. The first-order valence-corrected chi connectivity index (χ1v) is 9.58. The van der Waals surface area contributed by atoms with Gasteiger partial charge in [-0.2, -0.15) is 0 Å². The monoisotopic (exact) mass is 307 g/mol. The van der Waals surface area contributed by atoms with Crippen LogP contribution in [0.3, 0.4) is 0 Å². The molecule has 4 atom stereocenters. The van der Waals surface area contributed by atoms with E-state index < -0.39 is 0 Å². The van der Waals surface area contributed by atoms with Gasteiger partial charge >= 0.3 is 0 Å². The average Bonchev–Trinajstić information content (AvgIpc) is 3.22. The predicted octanol–water partition coefficient (Wildman–Crippen LogP) is 3.99. The lowest BCUT2D eigenvalue weighted by atomic mass is 9.84. The molecular formula is C19H37N3. The molecule has 0 aromatic heterocycles. The van der Waals surface area contributed by atoms with E-state index in [1.165, 1.54) is 57.2 Å². The molecule has 1 aliphatic heterocycles. The molecule has 3 heteroatoms. The summed E-state index contributed by atoms with van der Waals surface area (Å²) in [7, 11) is 1.92. The van der Waals surface area contributed by atoms with Gasteiger partial charge in [0.2, 0.25) is 0 Å². The first kappa shape index (κ1) is 17.8. The van der Waals surface area contributed by atoms with Crippen molar-refractivity contribution in [3.63, 3.8) is 0 Å². The van der Waals surface area contributed by atoms with Crippen molar-refractivity contribution in [3.8, 4) is 0 Å². The van der Waals surface area contributed by atoms with E-state index in [1.807, 2.05) is 7.05 Å². The van der Waals surface area contributed by atoms with Gasteiger partial charge < -0.3 is 10.6 Å². The largest absolute Gasteiger partial charge is 0.370 e. The van der Waals surface area contributed by atoms with Crippen LogP contribution in [0.15, 0.2) is 4.99 Å². The molecule has 2 N–H and O–H groups in total. The Morgan fingerprint density at radius 3 is 2.45 bits per heavy atom. The van der Waals surface area contributed by atoms with Crippen LogP contribution in [0, 0.1) is 17.8 Å². The molecule has 2 rings (SSSR count). The van der Waals surface area contributed by atoms with Crippen LogP contribution in [0.1, 0.15) is 72.1 Å². The van der Waals surface area contributed by atoms with Crippen molar-refractivity contribution in [2.24, 2.45) is 22.7 Å². The lowest BCUT2D eigenvalue weighted by Crippen LogP contribution is -2.47. The highest BCUT2D eigenvalue weighted by Crippen LogP contribution is 2.31. The molecule has 128 valence electrons. The van der Waals surface area contributed by atoms with Gasteiger partial charge in [0.15, 0.2) is 0 Å². The van der Waals surface area contributed by atoms with Crippen LogP contribution in [-0.2, 0) is 0 Å². The molecule has 22 heavy (non-hydrogen) atoms. The Morgan fingerprint density at radius 2 is 1.86 bits per heavy atom. The molecule has 3 nitrogen and oxygen atoms in total. The van der Waals surface area contributed by atoms with Crippen LogP contribution in [-0.4, -0.2) is 31.5 Å². The average molecular weight is 308 g/mol. The van der Waals surface area contributed by atoms with E-state index in [9.17, 15) is 0 Å². The molecule has 2 aliphatic rings. The van der Waals surface area contributed by atoms with Gasteiger partial charge in [-0.15, -0.1) is 0 Å². The van der Waals surface area contributed by atoms with E-state index in [0.717, 1.165) is 18.4 Å². The minimum atomic E-state index is 0.452. The second-order valence-corrected chi connectivity index (χ2v) is 7.76. The molecule has 0 aromatic carbocycles. The van der Waals surface area contributed by atoms with Crippen LogP contribution in [0.2, 0.25) is 0 Å². The smallest absolute Gasteiger partial charge is 0.113 e. The maximum Gasteiger partial charge on any atom is 0.113 e. The Hall–Kier alpha value is -0.570. The topological polar surface area (TPSA) is 36.4 Å². The third-order valence-electron chi connectivity index (χ3n) is 6.20. The van der Waals surface area contributed by atoms with Gasteiger partial charge in [0.1, 0.15) is 5.84 Å².